The van der Waals surface area contributed by atoms with E-state index in [4.69, 9.17) is 0 Å². The van der Waals surface area contributed by atoms with Gasteiger partial charge in [0.05, 0.1) is 0 Å². The summed E-state index contributed by atoms with van der Waals surface area (Å²) >= 11 is 0. The van der Waals surface area contributed by atoms with Gasteiger partial charge in [-0.3, -0.25) is 0 Å². The number of nitrogens with one attached hydrogen (secondary N) is 2. The van der Waals surface area contributed by atoms with Crippen molar-refractivity contribution in [1.82, 2.24) is 19.9 Å². The topological polar surface area (TPSA) is 57.4 Å². The molecule has 0 bridgehead atoms. The molecule has 4 nitrogen and oxygen atoms in total. The van der Waals surface area contributed by atoms with Gasteiger partial charge in [-0.1, -0.05) is 71.8 Å². The third-order valence-electron chi connectivity index (χ3n) is 6.46. The minimum absolute atomic E-state index is 0.934. The number of benzene rings is 3. The normalized spacial score (nSPS) is 11.1. The van der Waals surface area contributed by atoms with E-state index in [-0.39, 0.29) is 0 Å². The fourth-order valence-electron chi connectivity index (χ4n) is 4.80. The van der Waals surface area contributed by atoms with Gasteiger partial charge in [0, 0.05) is 46.7 Å². The van der Waals surface area contributed by atoms with E-state index >= 15 is 0 Å². The van der Waals surface area contributed by atoms with Crippen LogP contribution in [-0.2, 0) is 0 Å². The van der Waals surface area contributed by atoms with Crippen LogP contribution in [0.1, 0.15) is 11.1 Å². The lowest BCUT2D eigenvalue weighted by molar-refractivity contribution is 1.32. The van der Waals surface area contributed by atoms with E-state index in [0.717, 1.165) is 27.6 Å². The fourth-order valence-corrected chi connectivity index (χ4v) is 4.80. The highest BCUT2D eigenvalue weighted by Crippen LogP contribution is 2.29. The summed E-state index contributed by atoms with van der Waals surface area (Å²) in [5.41, 5.74) is 9.24. The van der Waals surface area contributed by atoms with Gasteiger partial charge in [0.15, 0.2) is 0 Å². The van der Waals surface area contributed by atoms with E-state index in [2.05, 4.69) is 119 Å². The van der Waals surface area contributed by atoms with Gasteiger partial charge >= 0.3 is 0 Å². The van der Waals surface area contributed by atoms with E-state index in [1.807, 2.05) is 24.8 Å². The number of nitrogens with zero attached hydrogens (tertiary/aromatic N) is 2. The number of aromatic nitrogens is 4. The van der Waals surface area contributed by atoms with E-state index in [9.17, 15) is 0 Å². The van der Waals surface area contributed by atoms with Crippen molar-refractivity contribution < 1.29 is 0 Å². The Morgan fingerprint density at radius 2 is 1.14 bits per heavy atom. The molecule has 7 rings (SSSR count). The summed E-state index contributed by atoms with van der Waals surface area (Å²) in [6.45, 7) is 4.25. The molecule has 4 heteroatoms. The number of pyridine rings is 2. The molecule has 0 aliphatic carbocycles. The third kappa shape index (κ3) is 4.25. The van der Waals surface area contributed by atoms with Crippen LogP contribution in [0.3, 0.4) is 0 Å². The molecule has 4 aromatic heterocycles. The first-order valence-corrected chi connectivity index (χ1v) is 12.1. The van der Waals surface area contributed by atoms with Gasteiger partial charge in [-0.25, -0.2) is 9.97 Å². The standard InChI is InChI=1S/C17H12N2.C15H14N2/c1-2-6-15-12(4-1)5-3-7-16(15)14-10-13-8-9-18-17(13)19-11-14;1-10-5-11(2)7-13(6-10)14-8-12-3-4-16-15(12)17-9-14/h1-11H,(H,18,19);3-9H,1-2H3,(H,16,17). The van der Waals surface area contributed by atoms with Crippen LogP contribution in [0.5, 0.6) is 0 Å². The second-order valence-electron chi connectivity index (χ2n) is 9.18. The molecule has 0 saturated heterocycles. The summed E-state index contributed by atoms with van der Waals surface area (Å²) in [5, 5.41) is 4.82. The van der Waals surface area contributed by atoms with Crippen molar-refractivity contribution in [2.75, 3.05) is 0 Å². The fraction of sp³-hybridized carbons (Fsp3) is 0.0625. The summed E-state index contributed by atoms with van der Waals surface area (Å²) in [6, 6.07) is 29.9. The van der Waals surface area contributed by atoms with Crippen molar-refractivity contribution in [2.45, 2.75) is 13.8 Å². The molecule has 0 fully saturated rings. The number of H-pyrrole nitrogens is 2. The molecular formula is C32H26N4. The molecule has 0 unspecified atom stereocenters. The van der Waals surface area contributed by atoms with E-state index in [0.29, 0.717) is 0 Å². The van der Waals surface area contributed by atoms with Crippen molar-refractivity contribution in [3.63, 3.8) is 0 Å². The molecule has 3 aromatic carbocycles. The number of hydrogen-bond acceptors (Lipinski definition) is 2. The zero-order valence-electron chi connectivity index (χ0n) is 20.3. The van der Waals surface area contributed by atoms with E-state index in [1.54, 1.807) is 0 Å². The van der Waals surface area contributed by atoms with Crippen LogP contribution in [0.25, 0.3) is 55.1 Å². The quantitative estimate of drug-likeness (QED) is 0.270. The van der Waals surface area contributed by atoms with Crippen molar-refractivity contribution in [2.24, 2.45) is 0 Å². The van der Waals surface area contributed by atoms with Crippen LogP contribution in [0, 0.1) is 13.8 Å². The lowest BCUT2D eigenvalue weighted by atomic mass is 9.99. The maximum absolute atomic E-state index is 4.47. The van der Waals surface area contributed by atoms with Gasteiger partial charge in [0.25, 0.3) is 0 Å². The van der Waals surface area contributed by atoms with Gasteiger partial charge in [0.2, 0.25) is 0 Å². The zero-order chi connectivity index (χ0) is 24.5. The number of rotatable bonds is 2. The second-order valence-corrected chi connectivity index (χ2v) is 9.18. The lowest BCUT2D eigenvalue weighted by Gasteiger charge is -2.06. The summed E-state index contributed by atoms with van der Waals surface area (Å²) in [6.07, 6.45) is 7.70. The van der Waals surface area contributed by atoms with Crippen LogP contribution in [0.4, 0.5) is 0 Å². The SMILES string of the molecule is Cc1cc(C)cc(-c2cnc3[nH]ccc3c2)c1.c1ccc2c(-c3cnc4[nH]ccc4c3)cccc2c1. The lowest BCUT2D eigenvalue weighted by Crippen LogP contribution is -1.84. The molecule has 0 aliphatic rings. The van der Waals surface area contributed by atoms with E-state index in [1.165, 1.54) is 38.6 Å². The van der Waals surface area contributed by atoms with Crippen molar-refractivity contribution in [1.29, 1.82) is 0 Å². The highest BCUT2D eigenvalue weighted by atomic mass is 14.8. The van der Waals surface area contributed by atoms with Gasteiger partial charge in [0.1, 0.15) is 11.3 Å². The van der Waals surface area contributed by atoms with Crippen LogP contribution in [-0.4, -0.2) is 19.9 Å². The average molecular weight is 467 g/mol. The summed E-state index contributed by atoms with van der Waals surface area (Å²) < 4.78 is 0. The maximum atomic E-state index is 4.47. The zero-order valence-corrected chi connectivity index (χ0v) is 20.3. The van der Waals surface area contributed by atoms with Gasteiger partial charge in [-0.05, 0) is 60.0 Å². The average Bonchev–Trinajstić information content (AvgIpc) is 3.57. The predicted molar refractivity (Wildman–Crippen MR) is 150 cm³/mol. The Bertz CT molecular complexity index is 1800. The van der Waals surface area contributed by atoms with Crippen LogP contribution in [0.15, 0.2) is 110 Å². The highest BCUT2D eigenvalue weighted by molar-refractivity contribution is 5.97. The molecule has 7 aromatic rings. The molecule has 0 radical (unpaired) electrons. The smallest absolute Gasteiger partial charge is 0.137 e. The van der Waals surface area contributed by atoms with Crippen LogP contribution in [0.2, 0.25) is 0 Å². The Kier molecular flexibility index (Phi) is 5.55. The third-order valence-corrected chi connectivity index (χ3v) is 6.46. The molecular weight excluding hydrogens is 440 g/mol. The van der Waals surface area contributed by atoms with Crippen molar-refractivity contribution >= 4 is 32.8 Å². The summed E-state index contributed by atoms with van der Waals surface area (Å²) in [4.78, 5) is 15.1. The Morgan fingerprint density at radius 1 is 0.528 bits per heavy atom. The first-order chi connectivity index (χ1) is 17.6. The Morgan fingerprint density at radius 3 is 1.86 bits per heavy atom. The minimum atomic E-state index is 0.934. The molecule has 4 heterocycles. The van der Waals surface area contributed by atoms with Crippen molar-refractivity contribution in [3.05, 3.63) is 121 Å². The number of aryl methyl sites for hydroxylation is 2. The minimum Gasteiger partial charge on any atom is -0.346 e. The van der Waals surface area contributed by atoms with E-state index < -0.39 is 0 Å². The molecule has 174 valence electrons. The summed E-state index contributed by atoms with van der Waals surface area (Å²) in [7, 11) is 0. The number of hydrogen-bond donors (Lipinski definition) is 2. The monoisotopic (exact) mass is 466 g/mol. The predicted octanol–water partition coefficient (Wildman–Crippen LogP) is 8.23. The Hall–Kier alpha value is -4.70. The molecule has 0 atom stereocenters. The molecule has 0 spiro atoms. The Balaban J connectivity index is 0.000000134. The van der Waals surface area contributed by atoms with Gasteiger partial charge in [-0.2, -0.15) is 0 Å². The van der Waals surface area contributed by atoms with Crippen LogP contribution >= 0.6 is 0 Å². The molecule has 0 aliphatic heterocycles. The first kappa shape index (κ1) is 21.8. The maximum Gasteiger partial charge on any atom is 0.137 e. The first-order valence-electron chi connectivity index (χ1n) is 12.1. The number of fused-ring (bicyclic) bond motifs is 3. The molecule has 0 saturated carbocycles. The highest BCUT2D eigenvalue weighted by Gasteiger charge is 2.05. The second kappa shape index (κ2) is 9.16. The van der Waals surface area contributed by atoms with Gasteiger partial charge in [-0.15, -0.1) is 0 Å². The largest absolute Gasteiger partial charge is 0.346 e. The summed E-state index contributed by atoms with van der Waals surface area (Å²) in [5.74, 6) is 0. The number of aromatic amines is 2. The van der Waals surface area contributed by atoms with Crippen LogP contribution < -0.4 is 0 Å². The molecule has 36 heavy (non-hydrogen) atoms. The molecule has 0 amide bonds. The van der Waals surface area contributed by atoms with Crippen molar-refractivity contribution in [3.8, 4) is 22.3 Å². The van der Waals surface area contributed by atoms with Gasteiger partial charge < -0.3 is 9.97 Å². The molecule has 2 N–H and O–H groups in total. The Labute approximate surface area is 209 Å².